The zero-order chi connectivity index (χ0) is 11.7. The first kappa shape index (κ1) is 11.1. The van der Waals surface area contributed by atoms with E-state index in [0.717, 1.165) is 30.8 Å². The quantitative estimate of drug-likeness (QED) is 0.834. The van der Waals surface area contributed by atoms with Gasteiger partial charge in [-0.2, -0.15) is 11.8 Å². The number of fused-ring (bicyclic) bond motifs is 1. The van der Waals surface area contributed by atoms with Crippen molar-refractivity contribution in [1.82, 2.24) is 10.6 Å². The van der Waals surface area contributed by atoms with Gasteiger partial charge in [0, 0.05) is 30.4 Å². The Morgan fingerprint density at radius 3 is 3.06 bits per heavy atom. The zero-order valence-corrected chi connectivity index (χ0v) is 10.5. The number of thioether (sulfide) groups is 1. The molecule has 2 aliphatic heterocycles. The summed E-state index contributed by atoms with van der Waals surface area (Å²) >= 11 is 1.91. The molecule has 0 radical (unpaired) electrons. The van der Waals surface area contributed by atoms with Crippen LogP contribution in [0, 0.1) is 0 Å². The third-order valence-corrected chi connectivity index (χ3v) is 4.53. The van der Waals surface area contributed by atoms with Crippen LogP contribution in [0.5, 0.6) is 0 Å². The van der Waals surface area contributed by atoms with Crippen LogP contribution in [-0.4, -0.2) is 23.5 Å². The molecule has 17 heavy (non-hydrogen) atoms. The second kappa shape index (κ2) is 4.70. The molecule has 2 N–H and O–H groups in total. The molecule has 2 aliphatic rings. The first-order valence-corrected chi connectivity index (χ1v) is 7.19. The topological polar surface area (TPSA) is 41.1 Å². The molecule has 1 aromatic rings. The molecule has 4 heteroatoms. The predicted molar refractivity (Wildman–Crippen MR) is 70.2 cm³/mol. The van der Waals surface area contributed by atoms with E-state index >= 15 is 0 Å². The van der Waals surface area contributed by atoms with Gasteiger partial charge in [-0.15, -0.1) is 0 Å². The summed E-state index contributed by atoms with van der Waals surface area (Å²) in [6, 6.07) is 6.38. The van der Waals surface area contributed by atoms with Crippen LogP contribution in [-0.2, 0) is 13.1 Å². The van der Waals surface area contributed by atoms with Gasteiger partial charge in [-0.25, -0.2) is 0 Å². The van der Waals surface area contributed by atoms with Gasteiger partial charge < -0.3 is 10.6 Å². The van der Waals surface area contributed by atoms with Crippen molar-refractivity contribution in [3.05, 3.63) is 34.9 Å². The maximum atomic E-state index is 12.1. The monoisotopic (exact) mass is 248 g/mol. The highest BCUT2D eigenvalue weighted by Crippen LogP contribution is 2.19. The Kier molecular flexibility index (Phi) is 3.07. The smallest absolute Gasteiger partial charge is 0.251 e. The highest BCUT2D eigenvalue weighted by atomic mass is 32.2. The van der Waals surface area contributed by atoms with E-state index < -0.39 is 0 Å². The predicted octanol–water partition coefficient (Wildman–Crippen LogP) is 1.53. The van der Waals surface area contributed by atoms with E-state index in [4.69, 9.17) is 0 Å². The van der Waals surface area contributed by atoms with Gasteiger partial charge in [0.2, 0.25) is 0 Å². The molecule has 3 rings (SSSR count). The molecule has 1 aromatic carbocycles. The Morgan fingerprint density at radius 2 is 2.24 bits per heavy atom. The highest BCUT2D eigenvalue weighted by molar-refractivity contribution is 7.99. The van der Waals surface area contributed by atoms with E-state index in [9.17, 15) is 4.79 Å². The van der Waals surface area contributed by atoms with Crippen molar-refractivity contribution in [3.63, 3.8) is 0 Å². The van der Waals surface area contributed by atoms with Gasteiger partial charge in [0.15, 0.2) is 0 Å². The molecule has 1 amide bonds. The maximum absolute atomic E-state index is 12.1. The molecule has 1 unspecified atom stereocenters. The van der Waals surface area contributed by atoms with Crippen molar-refractivity contribution < 1.29 is 4.79 Å². The number of carbonyl (C=O) groups excluding carboxylic acids is 1. The second-order valence-electron chi connectivity index (χ2n) is 4.62. The van der Waals surface area contributed by atoms with Gasteiger partial charge in [-0.1, -0.05) is 6.07 Å². The molecule has 3 nitrogen and oxygen atoms in total. The first-order chi connectivity index (χ1) is 8.33. The third-order valence-electron chi connectivity index (χ3n) is 3.36. The minimum atomic E-state index is 0.0761. The molecular formula is C13H16N2OS. The largest absolute Gasteiger partial charge is 0.348 e. The summed E-state index contributed by atoms with van der Waals surface area (Å²) in [6.07, 6.45) is 1.10. The van der Waals surface area contributed by atoms with Crippen LogP contribution in [0.3, 0.4) is 0 Å². The lowest BCUT2D eigenvalue weighted by atomic mass is 10.1. The fourth-order valence-electron chi connectivity index (χ4n) is 2.35. The summed E-state index contributed by atoms with van der Waals surface area (Å²) in [6.45, 7) is 1.81. The Balaban J connectivity index is 1.72. The minimum absolute atomic E-state index is 0.0761. The van der Waals surface area contributed by atoms with Crippen LogP contribution in [0.2, 0.25) is 0 Å². The second-order valence-corrected chi connectivity index (χ2v) is 5.77. The van der Waals surface area contributed by atoms with Crippen LogP contribution in [0.25, 0.3) is 0 Å². The maximum Gasteiger partial charge on any atom is 0.251 e. The average molecular weight is 248 g/mol. The Morgan fingerprint density at radius 1 is 1.35 bits per heavy atom. The standard InChI is InChI=1S/C13H16N2OS/c16-13(15-12-3-4-17-8-12)9-1-2-10-6-14-7-11(10)5-9/h1-2,5,12,14H,3-4,6-8H2,(H,15,16). The number of rotatable bonds is 2. The minimum Gasteiger partial charge on any atom is -0.348 e. The molecular weight excluding hydrogens is 232 g/mol. The van der Waals surface area contributed by atoms with Gasteiger partial charge in [0.05, 0.1) is 0 Å². The molecule has 0 bridgehead atoms. The summed E-state index contributed by atoms with van der Waals surface area (Å²) in [7, 11) is 0. The van der Waals surface area contributed by atoms with Gasteiger partial charge in [-0.05, 0) is 35.4 Å². The molecule has 0 saturated carbocycles. The molecule has 2 heterocycles. The van der Waals surface area contributed by atoms with E-state index in [-0.39, 0.29) is 5.91 Å². The summed E-state index contributed by atoms with van der Waals surface area (Å²) < 4.78 is 0. The van der Waals surface area contributed by atoms with Crippen molar-refractivity contribution >= 4 is 17.7 Å². The van der Waals surface area contributed by atoms with Crippen molar-refractivity contribution in [2.75, 3.05) is 11.5 Å². The van der Waals surface area contributed by atoms with Gasteiger partial charge in [-0.3, -0.25) is 4.79 Å². The van der Waals surface area contributed by atoms with Crippen molar-refractivity contribution in [1.29, 1.82) is 0 Å². The van der Waals surface area contributed by atoms with Crippen molar-refractivity contribution in [3.8, 4) is 0 Å². The fourth-order valence-corrected chi connectivity index (χ4v) is 3.51. The van der Waals surface area contributed by atoms with Gasteiger partial charge >= 0.3 is 0 Å². The molecule has 0 aromatic heterocycles. The van der Waals surface area contributed by atoms with E-state index in [1.165, 1.54) is 16.9 Å². The number of carbonyl (C=O) groups is 1. The van der Waals surface area contributed by atoms with Crippen molar-refractivity contribution in [2.45, 2.75) is 25.6 Å². The molecule has 1 atom stereocenters. The first-order valence-electron chi connectivity index (χ1n) is 6.04. The van der Waals surface area contributed by atoms with Crippen LogP contribution < -0.4 is 10.6 Å². The lowest BCUT2D eigenvalue weighted by molar-refractivity contribution is 0.0941. The van der Waals surface area contributed by atoms with Gasteiger partial charge in [0.1, 0.15) is 0 Å². The third kappa shape index (κ3) is 2.33. The molecule has 90 valence electrons. The van der Waals surface area contributed by atoms with Crippen LogP contribution in [0.15, 0.2) is 18.2 Å². The molecule has 0 aliphatic carbocycles. The Hall–Kier alpha value is -1.00. The average Bonchev–Trinajstić information content (AvgIpc) is 2.97. The summed E-state index contributed by atoms with van der Waals surface area (Å²) in [4.78, 5) is 12.1. The Bertz CT molecular complexity index is 441. The summed E-state index contributed by atoms with van der Waals surface area (Å²) in [5.74, 6) is 2.30. The summed E-state index contributed by atoms with van der Waals surface area (Å²) in [5, 5.41) is 6.40. The zero-order valence-electron chi connectivity index (χ0n) is 9.66. The van der Waals surface area contributed by atoms with E-state index in [0.29, 0.717) is 6.04 Å². The lowest BCUT2D eigenvalue weighted by Crippen LogP contribution is -2.34. The number of amides is 1. The molecule has 0 spiro atoms. The summed E-state index contributed by atoms with van der Waals surface area (Å²) in [5.41, 5.74) is 3.38. The highest BCUT2D eigenvalue weighted by Gasteiger charge is 2.19. The van der Waals surface area contributed by atoms with Crippen molar-refractivity contribution in [2.24, 2.45) is 0 Å². The van der Waals surface area contributed by atoms with Crippen LogP contribution in [0.1, 0.15) is 27.9 Å². The number of hydrogen-bond donors (Lipinski definition) is 2. The molecule has 1 fully saturated rings. The van der Waals surface area contributed by atoms with E-state index in [2.05, 4.69) is 16.7 Å². The SMILES string of the molecule is O=C(NC1CCSC1)c1ccc2c(c1)CNC2. The van der Waals surface area contributed by atoms with Crippen LogP contribution in [0.4, 0.5) is 0 Å². The normalized spacial score (nSPS) is 22.5. The number of nitrogens with one attached hydrogen (secondary N) is 2. The Labute approximate surface area is 105 Å². The van der Waals surface area contributed by atoms with E-state index in [1.807, 2.05) is 23.9 Å². The fraction of sp³-hybridized carbons (Fsp3) is 0.462. The number of benzene rings is 1. The van der Waals surface area contributed by atoms with Gasteiger partial charge in [0.25, 0.3) is 5.91 Å². The lowest BCUT2D eigenvalue weighted by Gasteiger charge is -2.11. The number of hydrogen-bond acceptors (Lipinski definition) is 3. The van der Waals surface area contributed by atoms with E-state index in [1.54, 1.807) is 0 Å². The van der Waals surface area contributed by atoms with Crippen LogP contribution >= 0.6 is 11.8 Å². The molecule has 1 saturated heterocycles.